The molecule has 1 atom stereocenters. The number of hydrogen-bond acceptors (Lipinski definition) is 2. The highest BCUT2D eigenvalue weighted by molar-refractivity contribution is 6.30. The zero-order chi connectivity index (χ0) is 10.0. The van der Waals surface area contributed by atoms with Crippen LogP contribution in [-0.4, -0.2) is 4.98 Å². The van der Waals surface area contributed by atoms with Gasteiger partial charge >= 0.3 is 0 Å². The minimum Gasteiger partial charge on any atom is -0.322 e. The molecule has 1 aromatic rings. The molecule has 0 aromatic carbocycles. The third-order valence-corrected chi connectivity index (χ3v) is 2.22. The average Bonchev–Trinajstić information content (AvgIpc) is 2.01. The lowest BCUT2D eigenvalue weighted by atomic mass is 10.0. The van der Waals surface area contributed by atoms with Gasteiger partial charge < -0.3 is 5.73 Å². The van der Waals surface area contributed by atoms with E-state index in [0.29, 0.717) is 10.9 Å². The number of pyridine rings is 1. The lowest BCUT2D eigenvalue weighted by Gasteiger charge is -2.15. The predicted molar refractivity (Wildman–Crippen MR) is 55.8 cm³/mol. The number of nitrogens with two attached hydrogens (primary N) is 1. The Labute approximate surface area is 84.1 Å². The van der Waals surface area contributed by atoms with Gasteiger partial charge in [0.05, 0.1) is 5.69 Å². The summed E-state index contributed by atoms with van der Waals surface area (Å²) in [5.41, 5.74) is 7.74. The van der Waals surface area contributed by atoms with Crippen molar-refractivity contribution in [3.63, 3.8) is 0 Å². The van der Waals surface area contributed by atoms with Crippen molar-refractivity contribution in [1.29, 1.82) is 0 Å². The standard InChI is InChI=1S/C10H15ClN2/c1-6(2)10(12)9-5-8(11)4-7(3)13-9/h4-6,10H,12H2,1-3H3/t10-/m1/s1. The van der Waals surface area contributed by atoms with Gasteiger partial charge in [0.25, 0.3) is 0 Å². The highest BCUT2D eigenvalue weighted by Gasteiger charge is 2.12. The summed E-state index contributed by atoms with van der Waals surface area (Å²) in [6, 6.07) is 3.63. The van der Waals surface area contributed by atoms with E-state index in [4.69, 9.17) is 17.3 Å². The van der Waals surface area contributed by atoms with Crippen molar-refractivity contribution < 1.29 is 0 Å². The molecule has 0 amide bonds. The van der Waals surface area contributed by atoms with Crippen molar-refractivity contribution in [2.75, 3.05) is 0 Å². The summed E-state index contributed by atoms with van der Waals surface area (Å²) in [5, 5.41) is 0.707. The number of hydrogen-bond donors (Lipinski definition) is 1. The van der Waals surface area contributed by atoms with Crippen molar-refractivity contribution >= 4 is 11.6 Å². The Morgan fingerprint density at radius 3 is 2.46 bits per heavy atom. The second-order valence-corrected chi connectivity index (χ2v) is 4.06. The molecule has 0 aliphatic heterocycles. The fraction of sp³-hybridized carbons (Fsp3) is 0.500. The van der Waals surface area contributed by atoms with Crippen LogP contribution in [0.3, 0.4) is 0 Å². The minimum absolute atomic E-state index is 0.0302. The normalized spacial score (nSPS) is 13.4. The second-order valence-electron chi connectivity index (χ2n) is 3.62. The minimum atomic E-state index is -0.0302. The predicted octanol–water partition coefficient (Wildman–Crippen LogP) is 2.70. The van der Waals surface area contributed by atoms with Crippen LogP contribution in [0.5, 0.6) is 0 Å². The molecule has 0 fully saturated rings. The zero-order valence-corrected chi connectivity index (χ0v) is 8.97. The summed E-state index contributed by atoms with van der Waals surface area (Å²) in [4.78, 5) is 4.35. The molecule has 0 aliphatic rings. The van der Waals surface area contributed by atoms with Crippen LogP contribution < -0.4 is 5.73 Å². The van der Waals surface area contributed by atoms with Gasteiger partial charge in [-0.15, -0.1) is 0 Å². The molecule has 0 radical (unpaired) electrons. The van der Waals surface area contributed by atoms with Gasteiger partial charge in [-0.2, -0.15) is 0 Å². The number of halogens is 1. The Hall–Kier alpha value is -0.600. The lowest BCUT2D eigenvalue weighted by molar-refractivity contribution is 0.502. The van der Waals surface area contributed by atoms with Crippen LogP contribution in [-0.2, 0) is 0 Å². The van der Waals surface area contributed by atoms with Crippen molar-refractivity contribution in [2.45, 2.75) is 26.8 Å². The van der Waals surface area contributed by atoms with Crippen molar-refractivity contribution in [2.24, 2.45) is 11.7 Å². The number of rotatable bonds is 2. The first kappa shape index (κ1) is 10.5. The van der Waals surface area contributed by atoms with Gasteiger partial charge in [0.15, 0.2) is 0 Å². The maximum atomic E-state index is 5.95. The first-order valence-electron chi connectivity index (χ1n) is 4.40. The Morgan fingerprint density at radius 2 is 2.00 bits per heavy atom. The molecular weight excluding hydrogens is 184 g/mol. The maximum absolute atomic E-state index is 5.95. The van der Waals surface area contributed by atoms with E-state index in [2.05, 4.69) is 18.8 Å². The third-order valence-electron chi connectivity index (χ3n) is 2.00. The van der Waals surface area contributed by atoms with Gasteiger partial charge in [0.2, 0.25) is 0 Å². The Balaban J connectivity index is 3.01. The van der Waals surface area contributed by atoms with Crippen LogP contribution in [0.1, 0.15) is 31.3 Å². The molecule has 0 spiro atoms. The SMILES string of the molecule is Cc1cc(Cl)cc([C@H](N)C(C)C)n1. The molecule has 1 heterocycles. The monoisotopic (exact) mass is 198 g/mol. The van der Waals surface area contributed by atoms with E-state index >= 15 is 0 Å². The molecule has 3 heteroatoms. The molecule has 2 nitrogen and oxygen atoms in total. The summed E-state index contributed by atoms with van der Waals surface area (Å²) in [5.74, 6) is 0.380. The number of aromatic nitrogens is 1. The first-order chi connectivity index (χ1) is 6.00. The number of nitrogens with zero attached hydrogens (tertiary/aromatic N) is 1. The molecule has 1 aromatic heterocycles. The van der Waals surface area contributed by atoms with Crippen LogP contribution in [0, 0.1) is 12.8 Å². The van der Waals surface area contributed by atoms with Gasteiger partial charge in [0, 0.05) is 16.8 Å². The van der Waals surface area contributed by atoms with Gasteiger partial charge in [0.1, 0.15) is 0 Å². The van der Waals surface area contributed by atoms with E-state index in [1.165, 1.54) is 0 Å². The summed E-state index contributed by atoms with van der Waals surface area (Å²) < 4.78 is 0. The maximum Gasteiger partial charge on any atom is 0.0591 e. The molecule has 0 saturated carbocycles. The molecule has 13 heavy (non-hydrogen) atoms. The molecule has 0 unspecified atom stereocenters. The van der Waals surface area contributed by atoms with E-state index in [0.717, 1.165) is 11.4 Å². The lowest BCUT2D eigenvalue weighted by Crippen LogP contribution is -2.18. The van der Waals surface area contributed by atoms with Gasteiger partial charge in [-0.05, 0) is 25.0 Å². The van der Waals surface area contributed by atoms with Gasteiger partial charge in [-0.25, -0.2) is 0 Å². The molecule has 1 rings (SSSR count). The zero-order valence-electron chi connectivity index (χ0n) is 8.21. The topological polar surface area (TPSA) is 38.9 Å². The van der Waals surface area contributed by atoms with Crippen molar-refractivity contribution in [3.05, 3.63) is 28.5 Å². The smallest absolute Gasteiger partial charge is 0.0591 e. The fourth-order valence-electron chi connectivity index (χ4n) is 1.16. The summed E-state index contributed by atoms with van der Waals surface area (Å²) in [7, 11) is 0. The Kier molecular flexibility index (Phi) is 3.28. The van der Waals surface area contributed by atoms with Crippen molar-refractivity contribution in [1.82, 2.24) is 4.98 Å². The Bertz CT molecular complexity index is 277. The van der Waals surface area contributed by atoms with Crippen molar-refractivity contribution in [3.8, 4) is 0 Å². The highest BCUT2D eigenvalue weighted by atomic mass is 35.5. The van der Waals surface area contributed by atoms with Gasteiger partial charge in [-0.1, -0.05) is 25.4 Å². The average molecular weight is 199 g/mol. The highest BCUT2D eigenvalue weighted by Crippen LogP contribution is 2.20. The largest absolute Gasteiger partial charge is 0.322 e. The Morgan fingerprint density at radius 1 is 1.38 bits per heavy atom. The van der Waals surface area contributed by atoms with E-state index < -0.39 is 0 Å². The second kappa shape index (κ2) is 4.07. The van der Waals surface area contributed by atoms with Crippen LogP contribution in [0.15, 0.2) is 12.1 Å². The molecule has 2 N–H and O–H groups in total. The first-order valence-corrected chi connectivity index (χ1v) is 4.78. The molecule has 0 bridgehead atoms. The number of aryl methyl sites for hydroxylation is 1. The quantitative estimate of drug-likeness (QED) is 0.794. The van der Waals surface area contributed by atoms with E-state index in [1.807, 2.05) is 19.1 Å². The van der Waals surface area contributed by atoms with Crippen LogP contribution in [0.4, 0.5) is 0 Å². The third kappa shape index (κ3) is 2.68. The van der Waals surface area contributed by atoms with Crippen LogP contribution in [0.25, 0.3) is 0 Å². The summed E-state index contributed by atoms with van der Waals surface area (Å²) >= 11 is 5.90. The fourth-order valence-corrected chi connectivity index (χ4v) is 1.43. The molecule has 0 saturated heterocycles. The van der Waals surface area contributed by atoms with E-state index in [1.54, 1.807) is 0 Å². The van der Waals surface area contributed by atoms with E-state index in [-0.39, 0.29) is 6.04 Å². The summed E-state index contributed by atoms with van der Waals surface area (Å²) in [6.07, 6.45) is 0. The molecular formula is C10H15ClN2. The summed E-state index contributed by atoms with van der Waals surface area (Å²) in [6.45, 7) is 6.06. The molecule has 72 valence electrons. The van der Waals surface area contributed by atoms with Crippen LogP contribution >= 0.6 is 11.6 Å². The van der Waals surface area contributed by atoms with E-state index in [9.17, 15) is 0 Å². The van der Waals surface area contributed by atoms with Gasteiger partial charge in [-0.3, -0.25) is 4.98 Å². The van der Waals surface area contributed by atoms with Crippen LogP contribution in [0.2, 0.25) is 5.02 Å². The molecule has 0 aliphatic carbocycles.